The highest BCUT2D eigenvalue weighted by Gasteiger charge is 2.19. The Balaban J connectivity index is 2.47. The minimum absolute atomic E-state index is 0.106. The van der Waals surface area contributed by atoms with Crippen LogP contribution in [0.4, 0.5) is 0 Å². The van der Waals surface area contributed by atoms with Crippen LogP contribution in [0.25, 0.3) is 0 Å². The molecule has 1 atom stereocenters. The maximum absolute atomic E-state index is 6.19. The van der Waals surface area contributed by atoms with E-state index >= 15 is 0 Å². The standard InChI is InChI=1S/C14H14BrCl2NS/c1-3-18-13(12-6-8(2)14(17)19-12)10-7-9(16)4-5-11(10)15/h4-7,13,18H,3H2,1-2H3. The van der Waals surface area contributed by atoms with E-state index in [1.165, 1.54) is 4.88 Å². The van der Waals surface area contributed by atoms with E-state index in [1.807, 2.05) is 25.1 Å². The van der Waals surface area contributed by atoms with Crippen molar-refractivity contribution < 1.29 is 0 Å². The molecule has 0 aliphatic heterocycles. The monoisotopic (exact) mass is 377 g/mol. The van der Waals surface area contributed by atoms with Gasteiger partial charge in [0.15, 0.2) is 0 Å². The SMILES string of the molecule is CCNC(c1cc(C)c(Cl)s1)c1cc(Cl)ccc1Br. The Morgan fingerprint density at radius 2 is 2.05 bits per heavy atom. The van der Waals surface area contributed by atoms with Crippen molar-refractivity contribution in [2.45, 2.75) is 19.9 Å². The highest BCUT2D eigenvalue weighted by molar-refractivity contribution is 9.10. The van der Waals surface area contributed by atoms with E-state index < -0.39 is 0 Å². The second-order valence-electron chi connectivity index (χ2n) is 4.26. The smallest absolute Gasteiger partial charge is 0.0961 e. The molecule has 2 rings (SSSR count). The van der Waals surface area contributed by atoms with Gasteiger partial charge in [-0.15, -0.1) is 11.3 Å². The number of rotatable bonds is 4. The summed E-state index contributed by atoms with van der Waals surface area (Å²) in [6.07, 6.45) is 0. The first-order valence-corrected chi connectivity index (χ1v) is 8.33. The summed E-state index contributed by atoms with van der Waals surface area (Å²) >= 11 is 17.5. The molecule has 0 aliphatic rings. The van der Waals surface area contributed by atoms with Crippen LogP contribution in [0, 0.1) is 6.92 Å². The van der Waals surface area contributed by atoms with Gasteiger partial charge in [0.25, 0.3) is 0 Å². The van der Waals surface area contributed by atoms with Gasteiger partial charge in [0.2, 0.25) is 0 Å². The topological polar surface area (TPSA) is 12.0 Å². The van der Waals surface area contributed by atoms with Gasteiger partial charge in [0.1, 0.15) is 0 Å². The number of halogens is 3. The molecular formula is C14H14BrCl2NS. The predicted octanol–water partition coefficient (Wildman–Crippen LogP) is 5.82. The molecule has 1 aromatic heterocycles. The molecule has 0 bridgehead atoms. The Labute approximate surface area is 136 Å². The average Bonchev–Trinajstić information content (AvgIpc) is 2.70. The van der Waals surface area contributed by atoms with Gasteiger partial charge in [-0.05, 0) is 48.9 Å². The Bertz CT molecular complexity index is 563. The van der Waals surface area contributed by atoms with Gasteiger partial charge in [-0.2, -0.15) is 0 Å². The lowest BCUT2D eigenvalue weighted by atomic mass is 10.0. The summed E-state index contributed by atoms with van der Waals surface area (Å²) in [5.74, 6) is 0. The molecule has 0 fully saturated rings. The lowest BCUT2D eigenvalue weighted by Gasteiger charge is -2.18. The van der Waals surface area contributed by atoms with E-state index in [4.69, 9.17) is 23.2 Å². The molecule has 0 radical (unpaired) electrons. The van der Waals surface area contributed by atoms with Gasteiger partial charge in [-0.1, -0.05) is 46.1 Å². The quantitative estimate of drug-likeness (QED) is 0.706. The molecule has 1 heterocycles. The minimum Gasteiger partial charge on any atom is -0.306 e. The lowest BCUT2D eigenvalue weighted by molar-refractivity contribution is 0.637. The average molecular weight is 379 g/mol. The van der Waals surface area contributed by atoms with Crippen LogP contribution in [-0.2, 0) is 0 Å². The Kier molecular flexibility index (Phi) is 5.32. The zero-order chi connectivity index (χ0) is 14.0. The first kappa shape index (κ1) is 15.3. The highest BCUT2D eigenvalue weighted by atomic mass is 79.9. The van der Waals surface area contributed by atoms with Crippen LogP contribution >= 0.6 is 50.5 Å². The number of hydrogen-bond donors (Lipinski definition) is 1. The number of aryl methyl sites for hydroxylation is 1. The second kappa shape index (κ2) is 6.59. The molecular weight excluding hydrogens is 365 g/mol. The predicted molar refractivity (Wildman–Crippen MR) is 88.7 cm³/mol. The van der Waals surface area contributed by atoms with Gasteiger partial charge in [0.05, 0.1) is 10.4 Å². The van der Waals surface area contributed by atoms with Crippen LogP contribution in [0.5, 0.6) is 0 Å². The molecule has 19 heavy (non-hydrogen) atoms. The van der Waals surface area contributed by atoms with Crippen molar-refractivity contribution in [2.75, 3.05) is 6.54 Å². The maximum atomic E-state index is 6.19. The fourth-order valence-corrected chi connectivity index (χ4v) is 3.90. The summed E-state index contributed by atoms with van der Waals surface area (Å²) in [7, 11) is 0. The zero-order valence-electron chi connectivity index (χ0n) is 10.6. The van der Waals surface area contributed by atoms with Crippen molar-refractivity contribution >= 4 is 50.5 Å². The molecule has 2 aromatic rings. The summed E-state index contributed by atoms with van der Waals surface area (Å²) < 4.78 is 1.89. The molecule has 0 amide bonds. The van der Waals surface area contributed by atoms with Crippen LogP contribution in [-0.4, -0.2) is 6.54 Å². The molecule has 0 saturated carbocycles. The molecule has 1 unspecified atom stereocenters. The Morgan fingerprint density at radius 3 is 2.63 bits per heavy atom. The van der Waals surface area contributed by atoms with Gasteiger partial charge in [-0.25, -0.2) is 0 Å². The normalized spacial score (nSPS) is 12.7. The summed E-state index contributed by atoms with van der Waals surface area (Å²) in [5.41, 5.74) is 2.25. The zero-order valence-corrected chi connectivity index (χ0v) is 14.6. The fraction of sp³-hybridized carbons (Fsp3) is 0.286. The molecule has 1 aromatic carbocycles. The molecule has 102 valence electrons. The van der Waals surface area contributed by atoms with E-state index in [1.54, 1.807) is 11.3 Å². The third-order valence-corrected chi connectivity index (χ3v) is 5.42. The number of nitrogens with one attached hydrogen (secondary N) is 1. The van der Waals surface area contributed by atoms with E-state index in [0.29, 0.717) is 0 Å². The third kappa shape index (κ3) is 3.53. The van der Waals surface area contributed by atoms with Crippen LogP contribution in [0.1, 0.15) is 29.0 Å². The van der Waals surface area contributed by atoms with Gasteiger partial charge in [0, 0.05) is 14.4 Å². The van der Waals surface area contributed by atoms with Crippen molar-refractivity contribution in [2.24, 2.45) is 0 Å². The van der Waals surface area contributed by atoms with Gasteiger partial charge < -0.3 is 5.32 Å². The molecule has 5 heteroatoms. The number of thiophene rings is 1. The molecule has 0 spiro atoms. The lowest BCUT2D eigenvalue weighted by Crippen LogP contribution is -2.21. The van der Waals surface area contributed by atoms with E-state index in [9.17, 15) is 0 Å². The van der Waals surface area contributed by atoms with Crippen molar-refractivity contribution in [3.8, 4) is 0 Å². The van der Waals surface area contributed by atoms with Crippen molar-refractivity contribution in [3.63, 3.8) is 0 Å². The highest BCUT2D eigenvalue weighted by Crippen LogP contribution is 2.37. The van der Waals surface area contributed by atoms with Crippen LogP contribution in [0.15, 0.2) is 28.7 Å². The summed E-state index contributed by atoms with van der Waals surface area (Å²) in [5, 5.41) is 4.22. The Morgan fingerprint density at radius 1 is 1.32 bits per heavy atom. The van der Waals surface area contributed by atoms with E-state index in [2.05, 4.69) is 34.2 Å². The van der Waals surface area contributed by atoms with Gasteiger partial charge in [-0.3, -0.25) is 0 Å². The molecule has 0 saturated heterocycles. The third-order valence-electron chi connectivity index (χ3n) is 2.84. The number of hydrogen-bond acceptors (Lipinski definition) is 2. The van der Waals surface area contributed by atoms with E-state index in [0.717, 1.165) is 31.5 Å². The van der Waals surface area contributed by atoms with Crippen LogP contribution < -0.4 is 5.32 Å². The summed E-state index contributed by atoms with van der Waals surface area (Å²) in [6.45, 7) is 4.99. The minimum atomic E-state index is 0.106. The van der Waals surface area contributed by atoms with Crippen molar-refractivity contribution in [3.05, 3.63) is 54.1 Å². The fourth-order valence-electron chi connectivity index (χ4n) is 1.93. The first-order valence-electron chi connectivity index (χ1n) is 5.97. The molecule has 1 nitrogen and oxygen atoms in total. The Hall–Kier alpha value is -0.0600. The van der Waals surface area contributed by atoms with E-state index in [-0.39, 0.29) is 6.04 Å². The van der Waals surface area contributed by atoms with Crippen LogP contribution in [0.3, 0.4) is 0 Å². The van der Waals surface area contributed by atoms with Crippen LogP contribution in [0.2, 0.25) is 9.36 Å². The van der Waals surface area contributed by atoms with Crippen molar-refractivity contribution in [1.29, 1.82) is 0 Å². The first-order chi connectivity index (χ1) is 9.02. The summed E-state index contributed by atoms with van der Waals surface area (Å²) in [4.78, 5) is 1.20. The van der Waals surface area contributed by atoms with Gasteiger partial charge >= 0.3 is 0 Å². The van der Waals surface area contributed by atoms with Crippen molar-refractivity contribution in [1.82, 2.24) is 5.32 Å². The maximum Gasteiger partial charge on any atom is 0.0961 e. The largest absolute Gasteiger partial charge is 0.306 e. The molecule has 0 aliphatic carbocycles. The molecule has 1 N–H and O–H groups in total. The number of benzene rings is 1. The second-order valence-corrected chi connectivity index (χ2v) is 7.24. The summed E-state index contributed by atoms with van der Waals surface area (Å²) in [6, 6.07) is 8.08.